The minimum atomic E-state index is -1.14. The van der Waals surface area contributed by atoms with E-state index in [9.17, 15) is 10.1 Å². The second-order valence-corrected chi connectivity index (χ2v) is 9.07. The highest BCUT2D eigenvalue weighted by molar-refractivity contribution is 5.85. The maximum Gasteiger partial charge on any atom is 0.329 e. The molecule has 0 spiro atoms. The van der Waals surface area contributed by atoms with Crippen LogP contribution in [0.15, 0.2) is 42.5 Å². The van der Waals surface area contributed by atoms with Crippen molar-refractivity contribution < 1.29 is 23.9 Å². The fourth-order valence-electron chi connectivity index (χ4n) is 4.51. The molecule has 2 aromatic carbocycles. The standard InChI is InChI=1S/C26H27N5O4/c1-17(2)35-26(32)19(14-27)24-25(29-21-6-4-3-5-20(21)28-24)31-11-9-30(10-12-31)15-18-7-8-22-23(13-18)34-16-33-22/h3-8,13,17,19H,9-12,15-16H2,1-2H3/p+1/t19-/m0/s1. The topological polar surface area (TPSA) is 102 Å². The maximum absolute atomic E-state index is 12.7. The Hall–Kier alpha value is -3.90. The first kappa shape index (κ1) is 22.9. The van der Waals surface area contributed by atoms with Crippen LogP contribution in [0.1, 0.15) is 31.0 Å². The van der Waals surface area contributed by atoms with E-state index in [2.05, 4.69) is 17.0 Å². The Morgan fingerprint density at radius 2 is 1.83 bits per heavy atom. The molecule has 2 aliphatic rings. The molecule has 1 saturated heterocycles. The summed E-state index contributed by atoms with van der Waals surface area (Å²) >= 11 is 0. The lowest BCUT2D eigenvalue weighted by Crippen LogP contribution is -3.13. The van der Waals surface area contributed by atoms with Crippen LogP contribution in [0.2, 0.25) is 0 Å². The minimum Gasteiger partial charge on any atom is -0.462 e. The lowest BCUT2D eigenvalue weighted by Gasteiger charge is -2.34. The molecule has 0 saturated carbocycles. The zero-order valence-corrected chi connectivity index (χ0v) is 19.9. The summed E-state index contributed by atoms with van der Waals surface area (Å²) < 4.78 is 16.3. The van der Waals surface area contributed by atoms with Crippen molar-refractivity contribution in [1.82, 2.24) is 9.97 Å². The number of hydrogen-bond acceptors (Lipinski definition) is 8. The fourth-order valence-corrected chi connectivity index (χ4v) is 4.51. The number of anilines is 1. The molecule has 1 aromatic heterocycles. The van der Waals surface area contributed by atoms with Gasteiger partial charge in [-0.05, 0) is 44.2 Å². The maximum atomic E-state index is 12.7. The Morgan fingerprint density at radius 1 is 1.11 bits per heavy atom. The van der Waals surface area contributed by atoms with Crippen molar-refractivity contribution >= 4 is 22.8 Å². The summed E-state index contributed by atoms with van der Waals surface area (Å²) in [5, 5.41) is 9.87. The predicted molar refractivity (Wildman–Crippen MR) is 128 cm³/mol. The highest BCUT2D eigenvalue weighted by Gasteiger charge is 2.32. The zero-order chi connectivity index (χ0) is 24.4. The summed E-state index contributed by atoms with van der Waals surface area (Å²) in [6.45, 7) is 7.92. The predicted octanol–water partition coefficient (Wildman–Crippen LogP) is 1.82. The van der Waals surface area contributed by atoms with E-state index in [1.54, 1.807) is 13.8 Å². The first-order valence-corrected chi connectivity index (χ1v) is 11.9. The fraction of sp³-hybridized carbons (Fsp3) is 0.385. The van der Waals surface area contributed by atoms with Crippen molar-refractivity contribution in [3.05, 3.63) is 53.7 Å². The van der Waals surface area contributed by atoms with E-state index in [0.717, 1.165) is 49.7 Å². The van der Waals surface area contributed by atoms with Crippen LogP contribution >= 0.6 is 0 Å². The summed E-state index contributed by atoms with van der Waals surface area (Å²) in [7, 11) is 0. The average molecular weight is 475 g/mol. The average Bonchev–Trinajstić information content (AvgIpc) is 3.32. The summed E-state index contributed by atoms with van der Waals surface area (Å²) in [4.78, 5) is 25.9. The molecule has 0 bridgehead atoms. The number of carbonyl (C=O) groups excluding carboxylic acids is 1. The first-order valence-electron chi connectivity index (χ1n) is 11.9. The molecule has 0 aliphatic carbocycles. The molecule has 0 radical (unpaired) electrons. The lowest BCUT2D eigenvalue weighted by atomic mass is 10.1. The van der Waals surface area contributed by atoms with Crippen LogP contribution in [-0.4, -0.2) is 55.0 Å². The number of fused-ring (bicyclic) bond motifs is 2. The first-order chi connectivity index (χ1) is 17.0. The highest BCUT2D eigenvalue weighted by Crippen LogP contribution is 2.32. The van der Waals surface area contributed by atoms with Gasteiger partial charge in [0.2, 0.25) is 6.79 Å². The van der Waals surface area contributed by atoms with Crippen LogP contribution in [0.5, 0.6) is 11.5 Å². The Balaban J connectivity index is 1.37. The molecule has 3 aromatic rings. The molecule has 0 unspecified atom stereocenters. The number of para-hydroxylation sites is 2. The van der Waals surface area contributed by atoms with Crippen LogP contribution in [0.25, 0.3) is 11.0 Å². The van der Waals surface area contributed by atoms with Gasteiger partial charge in [-0.15, -0.1) is 0 Å². The van der Waals surface area contributed by atoms with Crippen molar-refractivity contribution in [3.63, 3.8) is 0 Å². The van der Waals surface area contributed by atoms with Crippen LogP contribution in [-0.2, 0) is 16.1 Å². The number of rotatable bonds is 6. The van der Waals surface area contributed by atoms with Gasteiger partial charge >= 0.3 is 5.97 Å². The van der Waals surface area contributed by atoms with E-state index in [1.165, 1.54) is 10.5 Å². The summed E-state index contributed by atoms with van der Waals surface area (Å²) in [5.41, 5.74) is 2.94. The van der Waals surface area contributed by atoms with Crippen LogP contribution in [0.4, 0.5) is 5.82 Å². The van der Waals surface area contributed by atoms with Gasteiger partial charge in [0.1, 0.15) is 12.2 Å². The number of hydrogen-bond donors (Lipinski definition) is 1. The van der Waals surface area contributed by atoms with E-state index in [-0.39, 0.29) is 12.9 Å². The Kier molecular flexibility index (Phi) is 6.38. The molecule has 2 aliphatic heterocycles. The second kappa shape index (κ2) is 9.76. The molecule has 35 heavy (non-hydrogen) atoms. The van der Waals surface area contributed by atoms with Crippen LogP contribution < -0.4 is 19.3 Å². The van der Waals surface area contributed by atoms with Gasteiger partial charge in [0.15, 0.2) is 23.2 Å². The van der Waals surface area contributed by atoms with Crippen LogP contribution in [0.3, 0.4) is 0 Å². The molecule has 1 fully saturated rings. The van der Waals surface area contributed by atoms with Gasteiger partial charge in [0.25, 0.3) is 0 Å². The number of benzene rings is 2. The molecular weight excluding hydrogens is 446 g/mol. The number of ether oxygens (including phenoxy) is 3. The molecular formula is C26H28N5O4+. The van der Waals surface area contributed by atoms with Crippen molar-refractivity contribution in [3.8, 4) is 17.6 Å². The lowest BCUT2D eigenvalue weighted by molar-refractivity contribution is -0.914. The second-order valence-electron chi connectivity index (χ2n) is 9.07. The normalized spacial score (nSPS) is 16.3. The Bertz CT molecular complexity index is 1280. The summed E-state index contributed by atoms with van der Waals surface area (Å²) in [6.07, 6.45) is -0.321. The molecule has 5 rings (SSSR count). The number of quaternary nitrogens is 1. The number of aromatic nitrogens is 2. The molecule has 9 nitrogen and oxygen atoms in total. The molecule has 0 amide bonds. The van der Waals surface area contributed by atoms with Crippen molar-refractivity contribution in [2.75, 3.05) is 37.9 Å². The van der Waals surface area contributed by atoms with Gasteiger partial charge < -0.3 is 24.0 Å². The third-order valence-corrected chi connectivity index (χ3v) is 6.23. The summed E-state index contributed by atoms with van der Waals surface area (Å²) in [6, 6.07) is 15.7. The minimum absolute atomic E-state index is 0.272. The van der Waals surface area contributed by atoms with Gasteiger partial charge in [-0.2, -0.15) is 5.26 Å². The van der Waals surface area contributed by atoms with Crippen molar-refractivity contribution in [2.24, 2.45) is 0 Å². The van der Waals surface area contributed by atoms with E-state index in [0.29, 0.717) is 17.0 Å². The summed E-state index contributed by atoms with van der Waals surface area (Å²) in [5.74, 6) is 0.438. The Labute approximate surface area is 203 Å². The number of nitrogens with zero attached hydrogens (tertiary/aromatic N) is 4. The van der Waals surface area contributed by atoms with Crippen LogP contribution in [0, 0.1) is 11.3 Å². The molecule has 3 heterocycles. The number of nitrogens with one attached hydrogen (secondary N) is 1. The third kappa shape index (κ3) is 4.84. The monoisotopic (exact) mass is 474 g/mol. The highest BCUT2D eigenvalue weighted by atomic mass is 16.7. The van der Waals surface area contributed by atoms with Gasteiger partial charge in [-0.25, -0.2) is 9.97 Å². The number of esters is 1. The van der Waals surface area contributed by atoms with E-state index >= 15 is 0 Å². The van der Waals surface area contributed by atoms with Crippen molar-refractivity contribution in [2.45, 2.75) is 32.4 Å². The zero-order valence-electron chi connectivity index (χ0n) is 19.9. The van der Waals surface area contributed by atoms with E-state index in [1.807, 2.05) is 36.4 Å². The molecule has 1 atom stereocenters. The quantitative estimate of drug-likeness (QED) is 0.540. The molecule has 180 valence electrons. The number of nitriles is 1. The van der Waals surface area contributed by atoms with Crippen molar-refractivity contribution in [1.29, 1.82) is 5.26 Å². The van der Waals surface area contributed by atoms with Gasteiger partial charge in [-0.3, -0.25) is 4.79 Å². The van der Waals surface area contributed by atoms with E-state index < -0.39 is 11.9 Å². The van der Waals surface area contributed by atoms with E-state index in [4.69, 9.17) is 24.2 Å². The molecule has 9 heteroatoms. The smallest absolute Gasteiger partial charge is 0.329 e. The van der Waals surface area contributed by atoms with Gasteiger partial charge in [0, 0.05) is 5.56 Å². The molecule has 1 N–H and O–H groups in total. The Morgan fingerprint density at radius 3 is 2.54 bits per heavy atom. The van der Waals surface area contributed by atoms with Gasteiger partial charge in [-0.1, -0.05) is 12.1 Å². The third-order valence-electron chi connectivity index (χ3n) is 6.23. The largest absolute Gasteiger partial charge is 0.462 e. The number of carbonyl (C=O) groups is 1. The van der Waals surface area contributed by atoms with Gasteiger partial charge in [0.05, 0.1) is 49.4 Å². The number of piperazine rings is 1. The SMILES string of the molecule is CC(C)OC(=O)[C@@H](C#N)c1nc2ccccc2nc1N1CC[NH+](Cc2ccc3c(c2)OCO3)CC1.